The second kappa shape index (κ2) is 5.87. The first-order valence-electron chi connectivity index (χ1n) is 5.21. The van der Waals surface area contributed by atoms with Crippen molar-refractivity contribution < 1.29 is 18.0 Å². The molecule has 0 saturated heterocycles. The van der Waals surface area contributed by atoms with E-state index in [0.717, 1.165) is 20.4 Å². The van der Waals surface area contributed by atoms with Crippen LogP contribution in [0.2, 0.25) is 0 Å². The molecule has 0 aliphatic heterocycles. The third kappa shape index (κ3) is 3.62. The maximum atomic E-state index is 12.6. The highest BCUT2D eigenvalue weighted by Crippen LogP contribution is 2.33. The minimum absolute atomic E-state index is 0.102. The monoisotopic (exact) mass is 427 g/mol. The Labute approximate surface area is 133 Å². The molecule has 2 aromatic rings. The number of hydrogen-bond acceptors (Lipinski definition) is 2. The van der Waals surface area contributed by atoms with Crippen LogP contribution in [0.3, 0.4) is 0 Å². The fourth-order valence-electron chi connectivity index (χ4n) is 1.42. The first kappa shape index (κ1) is 15.5. The second-order valence-corrected chi connectivity index (χ2v) is 6.99. The molecule has 0 saturated carbocycles. The molecule has 0 radical (unpaired) electrons. The number of benzene rings is 1. The predicted molar refractivity (Wildman–Crippen MR) is 79.1 cm³/mol. The molecule has 0 aliphatic carbocycles. The van der Waals surface area contributed by atoms with Crippen molar-refractivity contribution >= 4 is 54.8 Å². The van der Waals surface area contributed by atoms with Crippen molar-refractivity contribution in [2.24, 2.45) is 0 Å². The van der Waals surface area contributed by atoms with Gasteiger partial charge in [0.05, 0.1) is 14.2 Å². The molecule has 0 fully saturated rings. The summed E-state index contributed by atoms with van der Waals surface area (Å²) in [5, 5.41) is 2.44. The van der Waals surface area contributed by atoms with Gasteiger partial charge in [-0.1, -0.05) is 6.07 Å². The van der Waals surface area contributed by atoms with E-state index in [-0.39, 0.29) is 5.69 Å². The predicted octanol–water partition coefficient (Wildman–Crippen LogP) is 5.54. The van der Waals surface area contributed by atoms with Gasteiger partial charge in [0.1, 0.15) is 0 Å². The fraction of sp³-hybridized carbons (Fsp3) is 0.0833. The highest BCUT2D eigenvalue weighted by Gasteiger charge is 2.30. The molecule has 0 aliphatic rings. The Kier molecular flexibility index (Phi) is 4.55. The Morgan fingerprint density at radius 2 is 1.90 bits per heavy atom. The molecule has 20 heavy (non-hydrogen) atoms. The zero-order valence-electron chi connectivity index (χ0n) is 9.59. The van der Waals surface area contributed by atoms with E-state index in [2.05, 4.69) is 37.2 Å². The molecule has 0 atom stereocenters. The lowest BCUT2D eigenvalue weighted by molar-refractivity contribution is -0.137. The summed E-state index contributed by atoms with van der Waals surface area (Å²) in [6.07, 6.45) is -4.43. The van der Waals surface area contributed by atoms with Gasteiger partial charge in [-0.25, -0.2) is 0 Å². The van der Waals surface area contributed by atoms with Gasteiger partial charge in [0.15, 0.2) is 0 Å². The normalized spacial score (nSPS) is 11.4. The summed E-state index contributed by atoms with van der Waals surface area (Å²) < 4.78 is 39.1. The molecule has 1 aromatic heterocycles. The van der Waals surface area contributed by atoms with Crippen LogP contribution >= 0.6 is 43.2 Å². The van der Waals surface area contributed by atoms with Gasteiger partial charge in [-0.2, -0.15) is 13.2 Å². The highest BCUT2D eigenvalue weighted by atomic mass is 79.9. The van der Waals surface area contributed by atoms with Crippen LogP contribution in [-0.2, 0) is 6.18 Å². The average molecular weight is 429 g/mol. The van der Waals surface area contributed by atoms with Crippen molar-refractivity contribution in [1.82, 2.24) is 0 Å². The molecule has 1 amide bonds. The zero-order valence-corrected chi connectivity index (χ0v) is 13.6. The third-order valence-electron chi connectivity index (χ3n) is 2.32. The highest BCUT2D eigenvalue weighted by molar-refractivity contribution is 9.13. The summed E-state index contributed by atoms with van der Waals surface area (Å²) >= 11 is 7.68. The van der Waals surface area contributed by atoms with Gasteiger partial charge in [0.25, 0.3) is 5.91 Å². The molecule has 106 valence electrons. The van der Waals surface area contributed by atoms with Crippen LogP contribution in [0.15, 0.2) is 38.6 Å². The minimum Gasteiger partial charge on any atom is -0.321 e. The molecule has 2 rings (SSSR count). The zero-order chi connectivity index (χ0) is 14.9. The molecular formula is C12H6Br2F3NOS. The van der Waals surface area contributed by atoms with Gasteiger partial charge in [0, 0.05) is 10.2 Å². The van der Waals surface area contributed by atoms with Crippen LogP contribution < -0.4 is 5.32 Å². The van der Waals surface area contributed by atoms with Gasteiger partial charge in [-0.05, 0) is 56.1 Å². The SMILES string of the molecule is O=C(Nc1cccc(C(F)(F)F)c1)c1cc(Br)c(Br)s1. The lowest BCUT2D eigenvalue weighted by atomic mass is 10.2. The quantitative estimate of drug-likeness (QED) is 0.668. The minimum atomic E-state index is -4.43. The van der Waals surface area contributed by atoms with Crippen LogP contribution in [0.1, 0.15) is 15.2 Å². The first-order chi connectivity index (χ1) is 9.27. The topological polar surface area (TPSA) is 29.1 Å². The summed E-state index contributed by atoms with van der Waals surface area (Å²) in [7, 11) is 0. The maximum absolute atomic E-state index is 12.6. The number of nitrogens with one attached hydrogen (secondary N) is 1. The van der Waals surface area contributed by atoms with Crippen LogP contribution in [-0.4, -0.2) is 5.91 Å². The van der Waals surface area contributed by atoms with Gasteiger partial charge >= 0.3 is 6.18 Å². The van der Waals surface area contributed by atoms with E-state index < -0.39 is 17.6 Å². The van der Waals surface area contributed by atoms with Crippen molar-refractivity contribution in [3.8, 4) is 0 Å². The summed E-state index contributed by atoms with van der Waals surface area (Å²) in [4.78, 5) is 12.3. The Bertz CT molecular complexity index is 635. The summed E-state index contributed by atoms with van der Waals surface area (Å²) in [5.41, 5.74) is -0.700. The summed E-state index contributed by atoms with van der Waals surface area (Å²) in [6.45, 7) is 0. The number of alkyl halides is 3. The van der Waals surface area contributed by atoms with E-state index in [4.69, 9.17) is 0 Å². The van der Waals surface area contributed by atoms with Gasteiger partial charge < -0.3 is 5.32 Å². The van der Waals surface area contributed by atoms with E-state index in [1.54, 1.807) is 6.07 Å². The fourth-order valence-corrected chi connectivity index (χ4v) is 3.36. The van der Waals surface area contributed by atoms with E-state index in [1.807, 2.05) is 0 Å². The Morgan fingerprint density at radius 1 is 1.20 bits per heavy atom. The molecule has 0 unspecified atom stereocenters. The Balaban J connectivity index is 2.20. The summed E-state index contributed by atoms with van der Waals surface area (Å²) in [6, 6.07) is 6.10. The summed E-state index contributed by atoms with van der Waals surface area (Å²) in [5.74, 6) is -0.458. The first-order valence-corrected chi connectivity index (χ1v) is 7.61. The molecule has 8 heteroatoms. The Morgan fingerprint density at radius 3 is 2.45 bits per heavy atom. The van der Waals surface area contributed by atoms with E-state index in [9.17, 15) is 18.0 Å². The Hall–Kier alpha value is -0.860. The number of carbonyl (C=O) groups is 1. The van der Waals surface area contributed by atoms with E-state index in [1.165, 1.54) is 23.5 Å². The van der Waals surface area contributed by atoms with Crippen molar-refractivity contribution in [2.75, 3.05) is 5.32 Å². The van der Waals surface area contributed by atoms with Crippen molar-refractivity contribution in [1.29, 1.82) is 0 Å². The molecular weight excluding hydrogens is 423 g/mol. The smallest absolute Gasteiger partial charge is 0.321 e. The standard InChI is InChI=1S/C12H6Br2F3NOS/c13-8-5-9(20-10(8)14)11(19)18-7-3-1-2-6(4-7)12(15,16)17/h1-5H,(H,18,19). The number of hydrogen-bond donors (Lipinski definition) is 1. The molecule has 1 heterocycles. The largest absolute Gasteiger partial charge is 0.416 e. The molecule has 1 aromatic carbocycles. The third-order valence-corrected chi connectivity index (χ3v) is 5.57. The lowest BCUT2D eigenvalue weighted by Crippen LogP contribution is -2.11. The van der Waals surface area contributed by atoms with Crippen molar-refractivity contribution in [3.63, 3.8) is 0 Å². The number of amides is 1. The molecule has 2 nitrogen and oxygen atoms in total. The number of anilines is 1. The number of rotatable bonds is 2. The van der Waals surface area contributed by atoms with Crippen LogP contribution in [0.5, 0.6) is 0 Å². The number of halogens is 5. The molecule has 0 spiro atoms. The van der Waals surface area contributed by atoms with Crippen molar-refractivity contribution in [2.45, 2.75) is 6.18 Å². The van der Waals surface area contributed by atoms with E-state index in [0.29, 0.717) is 4.88 Å². The van der Waals surface area contributed by atoms with E-state index >= 15 is 0 Å². The van der Waals surface area contributed by atoms with Crippen LogP contribution in [0.4, 0.5) is 18.9 Å². The number of thiophene rings is 1. The van der Waals surface area contributed by atoms with Gasteiger partial charge in [-0.3, -0.25) is 4.79 Å². The molecule has 1 N–H and O–H groups in total. The van der Waals surface area contributed by atoms with Crippen LogP contribution in [0.25, 0.3) is 0 Å². The second-order valence-electron chi connectivity index (χ2n) is 3.76. The molecule has 0 bridgehead atoms. The number of carbonyl (C=O) groups excluding carboxylic acids is 1. The lowest BCUT2D eigenvalue weighted by Gasteiger charge is -2.09. The van der Waals surface area contributed by atoms with Gasteiger partial charge in [-0.15, -0.1) is 11.3 Å². The maximum Gasteiger partial charge on any atom is 0.416 e. The van der Waals surface area contributed by atoms with Crippen LogP contribution in [0, 0.1) is 0 Å². The average Bonchev–Trinajstić information content (AvgIpc) is 2.69. The van der Waals surface area contributed by atoms with Crippen molar-refractivity contribution in [3.05, 3.63) is 49.0 Å². The van der Waals surface area contributed by atoms with Gasteiger partial charge in [0.2, 0.25) is 0 Å².